The predicted molar refractivity (Wildman–Crippen MR) is 166 cm³/mol. The minimum Gasteiger partial charge on any atom is -0.406 e. The lowest BCUT2D eigenvalue weighted by Gasteiger charge is -2.47. The number of aliphatic hydroxyl groups excluding tert-OH is 1. The van der Waals surface area contributed by atoms with Crippen molar-refractivity contribution < 1.29 is 31.4 Å². The lowest BCUT2D eigenvalue weighted by molar-refractivity contribution is -0.274. The van der Waals surface area contributed by atoms with Crippen LogP contribution in [0, 0.1) is 0 Å². The van der Waals surface area contributed by atoms with Crippen LogP contribution in [0.25, 0.3) is 0 Å². The number of rotatable bonds is 9. The van der Waals surface area contributed by atoms with Crippen molar-refractivity contribution in [2.24, 2.45) is 9.39 Å². The van der Waals surface area contributed by atoms with Gasteiger partial charge in [-0.15, -0.1) is 17.6 Å². The van der Waals surface area contributed by atoms with E-state index in [0.29, 0.717) is 35.2 Å². The molecule has 2 saturated heterocycles. The summed E-state index contributed by atoms with van der Waals surface area (Å²) in [7, 11) is -3.92. The molecule has 3 N–H and O–H groups in total. The summed E-state index contributed by atoms with van der Waals surface area (Å²) in [5, 5.41) is 12.3. The molecule has 17 heteroatoms. The number of benzene rings is 1. The second-order valence-corrected chi connectivity index (χ2v) is 12.8. The average molecular weight is 673 g/mol. The van der Waals surface area contributed by atoms with Gasteiger partial charge in [0.05, 0.1) is 30.1 Å². The summed E-state index contributed by atoms with van der Waals surface area (Å²) >= 11 is 6.66. The maximum absolute atomic E-state index is 12.4. The van der Waals surface area contributed by atoms with Gasteiger partial charge >= 0.3 is 16.6 Å². The molecule has 0 radical (unpaired) electrons. The molecule has 0 bridgehead atoms. The minimum atomic E-state index is -4.70. The van der Waals surface area contributed by atoms with Gasteiger partial charge in [0.1, 0.15) is 11.6 Å². The van der Waals surface area contributed by atoms with Gasteiger partial charge in [0, 0.05) is 38.3 Å². The highest BCUT2D eigenvalue weighted by Crippen LogP contribution is 2.31. The topological polar surface area (TPSA) is 135 Å². The third kappa shape index (κ3) is 8.76. The third-order valence-corrected chi connectivity index (χ3v) is 9.16. The number of halogens is 4. The van der Waals surface area contributed by atoms with E-state index < -0.39 is 16.6 Å². The number of alkyl halides is 3. The molecule has 2 fully saturated rings. The number of aliphatic hydroxyl groups is 1. The van der Waals surface area contributed by atoms with E-state index in [9.17, 15) is 21.6 Å². The zero-order valence-corrected chi connectivity index (χ0v) is 26.2. The van der Waals surface area contributed by atoms with Crippen molar-refractivity contribution in [1.29, 1.82) is 0 Å². The first-order valence-electron chi connectivity index (χ1n) is 14.7. The molecule has 45 heavy (non-hydrogen) atoms. The molecule has 0 aliphatic carbocycles. The van der Waals surface area contributed by atoms with Crippen molar-refractivity contribution in [1.82, 2.24) is 19.5 Å². The molecule has 2 aromatic rings. The number of aliphatic imine (C=N–C) groups is 1. The molecular weight excluding hydrogens is 637 g/mol. The Hall–Kier alpha value is -3.18. The van der Waals surface area contributed by atoms with Gasteiger partial charge in [-0.1, -0.05) is 30.7 Å². The average Bonchev–Trinajstić information content (AvgIpc) is 3.29. The van der Waals surface area contributed by atoms with Crippen LogP contribution in [0.5, 0.6) is 5.75 Å². The summed E-state index contributed by atoms with van der Waals surface area (Å²) in [5.41, 5.74) is 1.39. The maximum atomic E-state index is 12.4. The lowest BCUT2D eigenvalue weighted by atomic mass is 9.98. The largest absolute Gasteiger partial charge is 0.573 e. The normalized spacial score (nSPS) is 22.4. The number of likely N-dealkylation sites (tertiary alicyclic amines) is 1. The Morgan fingerprint density at radius 1 is 1.18 bits per heavy atom. The molecule has 0 spiro atoms. The number of nitrogens with zero attached hydrogens (tertiary/aromatic N) is 6. The van der Waals surface area contributed by atoms with Crippen molar-refractivity contribution in [3.05, 3.63) is 47.1 Å². The molecule has 0 saturated carbocycles. The molecule has 12 nitrogen and oxygen atoms in total. The van der Waals surface area contributed by atoms with Crippen LogP contribution in [0.2, 0.25) is 5.02 Å². The van der Waals surface area contributed by atoms with Gasteiger partial charge in [-0.2, -0.15) is 8.42 Å². The van der Waals surface area contributed by atoms with Gasteiger partial charge in [-0.05, 0) is 56.1 Å². The summed E-state index contributed by atoms with van der Waals surface area (Å²) in [6, 6.07) is 8.47. The van der Waals surface area contributed by atoms with Gasteiger partial charge in [-0.3, -0.25) is 14.8 Å². The van der Waals surface area contributed by atoms with E-state index in [4.69, 9.17) is 16.7 Å². The van der Waals surface area contributed by atoms with Crippen LogP contribution in [-0.2, 0) is 16.8 Å². The number of aromatic nitrogens is 1. The second-order valence-electron chi connectivity index (χ2n) is 11.1. The van der Waals surface area contributed by atoms with Gasteiger partial charge < -0.3 is 20.1 Å². The molecule has 3 aliphatic rings. The number of nitrogens with one attached hydrogen (secondary N) is 2. The molecule has 3 aliphatic heterocycles. The highest BCUT2D eigenvalue weighted by atomic mass is 35.5. The smallest absolute Gasteiger partial charge is 0.406 e. The molecule has 1 aromatic heterocycles. The number of hydrogen-bond donors (Lipinski definition) is 3. The first-order valence-corrected chi connectivity index (χ1v) is 16.5. The Balaban J connectivity index is 1.14. The Morgan fingerprint density at radius 2 is 1.91 bits per heavy atom. The van der Waals surface area contributed by atoms with Crippen LogP contribution in [0.3, 0.4) is 0 Å². The van der Waals surface area contributed by atoms with E-state index in [1.807, 2.05) is 0 Å². The Kier molecular flexibility index (Phi) is 10.4. The number of hydrogen-bond acceptors (Lipinski definition) is 10. The molecule has 0 unspecified atom stereocenters. The lowest BCUT2D eigenvalue weighted by Crippen LogP contribution is -2.58. The first kappa shape index (κ1) is 33.2. The zero-order chi connectivity index (χ0) is 32.2. The minimum absolute atomic E-state index is 0.00519. The monoisotopic (exact) mass is 672 g/mol. The number of amidine groups is 2. The maximum Gasteiger partial charge on any atom is 0.573 e. The van der Waals surface area contributed by atoms with E-state index >= 15 is 0 Å². The van der Waals surface area contributed by atoms with E-state index in [1.54, 1.807) is 24.4 Å². The fourth-order valence-corrected chi connectivity index (χ4v) is 7.06. The molecule has 5 rings (SSSR count). The van der Waals surface area contributed by atoms with E-state index in [1.165, 1.54) is 12.1 Å². The summed E-state index contributed by atoms with van der Waals surface area (Å²) in [6.07, 6.45) is -0.168. The number of ether oxygens (including phenoxy) is 1. The summed E-state index contributed by atoms with van der Waals surface area (Å²) in [5.74, 6) is 0.431. The van der Waals surface area contributed by atoms with Gasteiger partial charge in [0.15, 0.2) is 11.7 Å². The molecule has 4 heterocycles. The number of pyridine rings is 1. The van der Waals surface area contributed by atoms with Crippen molar-refractivity contribution in [2.75, 3.05) is 56.1 Å². The van der Waals surface area contributed by atoms with E-state index in [2.05, 4.69) is 50.8 Å². The molecule has 1 atom stereocenters. The van der Waals surface area contributed by atoms with Crippen LogP contribution < -0.4 is 19.7 Å². The SMILES string of the molecule is CC[C@H]1CN(c2ncc(NC3=NS(=O)(=O)NC3=NCCO)cc2Cl)CCN1C1CCN(Cc2ccc(OC(F)(F)F)cc2)CC1. The summed E-state index contributed by atoms with van der Waals surface area (Å²) in [6.45, 7) is 6.78. The Bertz CT molecular complexity index is 1500. The van der Waals surface area contributed by atoms with Gasteiger partial charge in [0.25, 0.3) is 0 Å². The fraction of sp³-hybridized carbons (Fsp3) is 0.536. The standard InChI is InChI=1S/C28H36ClF3N8O4S/c1-2-21-18-39(27-24(29)15-20(16-34-27)35-26-25(33-9-14-41)36-45(42,43)37-26)12-13-40(21)22-7-10-38(11-8-22)17-19-3-5-23(6-4-19)44-28(30,31)32/h3-6,15-16,21-22,41H,2,7-14,17-18H2,1H3,(H,33,36)(H,35,37)/t21-/m0/s1. The molecule has 1 aromatic carbocycles. The Morgan fingerprint density at radius 3 is 2.56 bits per heavy atom. The summed E-state index contributed by atoms with van der Waals surface area (Å²) < 4.78 is 70.9. The number of anilines is 2. The fourth-order valence-electron chi connectivity index (χ4n) is 5.95. The quantitative estimate of drug-likeness (QED) is 0.367. The van der Waals surface area contributed by atoms with Crippen molar-refractivity contribution in [2.45, 2.75) is 51.2 Å². The zero-order valence-electron chi connectivity index (χ0n) is 24.7. The van der Waals surface area contributed by atoms with Gasteiger partial charge in [0.2, 0.25) is 0 Å². The van der Waals surface area contributed by atoms with Crippen molar-refractivity contribution in [3.63, 3.8) is 0 Å². The van der Waals surface area contributed by atoms with Crippen LogP contribution in [0.15, 0.2) is 45.9 Å². The van der Waals surface area contributed by atoms with Crippen molar-refractivity contribution >= 4 is 45.0 Å². The second kappa shape index (κ2) is 14.1. The van der Waals surface area contributed by atoms with Crippen molar-refractivity contribution in [3.8, 4) is 5.75 Å². The Labute approximate surface area is 265 Å². The van der Waals surface area contributed by atoms with Gasteiger partial charge in [-0.25, -0.2) is 9.71 Å². The van der Waals surface area contributed by atoms with Crippen LogP contribution in [0.1, 0.15) is 31.7 Å². The van der Waals surface area contributed by atoms with E-state index in [0.717, 1.165) is 57.5 Å². The third-order valence-electron chi connectivity index (χ3n) is 8.00. The first-order chi connectivity index (χ1) is 21.4. The molecule has 0 amide bonds. The molecule has 246 valence electrons. The number of piperazine rings is 1. The predicted octanol–water partition coefficient (Wildman–Crippen LogP) is 3.25. The van der Waals surface area contributed by atoms with E-state index in [-0.39, 0.29) is 30.6 Å². The molecular formula is C28H36ClF3N8O4S. The summed E-state index contributed by atoms with van der Waals surface area (Å²) in [4.78, 5) is 15.7. The number of piperidine rings is 1. The van der Waals surface area contributed by atoms with Crippen LogP contribution in [0.4, 0.5) is 24.7 Å². The highest BCUT2D eigenvalue weighted by molar-refractivity contribution is 7.89. The van der Waals surface area contributed by atoms with Crippen LogP contribution >= 0.6 is 11.6 Å². The van der Waals surface area contributed by atoms with Crippen LogP contribution in [-0.4, -0.2) is 104 Å². The highest BCUT2D eigenvalue weighted by Gasteiger charge is 2.34.